The number of methoxy groups -OCH3 is 1. The van der Waals surface area contributed by atoms with Gasteiger partial charge in [0.05, 0.1) is 7.11 Å². The third-order valence-electron chi connectivity index (χ3n) is 2.92. The summed E-state index contributed by atoms with van der Waals surface area (Å²) in [4.78, 5) is 26.1. The zero-order valence-corrected chi connectivity index (χ0v) is 12.3. The van der Waals surface area contributed by atoms with Gasteiger partial charge in [-0.1, -0.05) is 13.0 Å². The summed E-state index contributed by atoms with van der Waals surface area (Å²) in [7, 11) is 1.54. The first kappa shape index (κ1) is 16.7. The SMILES string of the molecule is COc1ccc(CNC(=O)NCC(C)CCC(=O)O)cn1. The first-order chi connectivity index (χ1) is 10.0. The van der Waals surface area contributed by atoms with Crippen LogP contribution in [0.1, 0.15) is 25.3 Å². The Balaban J connectivity index is 2.22. The second-order valence-electron chi connectivity index (χ2n) is 4.81. The Morgan fingerprint density at radius 1 is 1.38 bits per heavy atom. The number of carbonyl (C=O) groups excluding carboxylic acids is 1. The molecule has 0 saturated carbocycles. The maximum atomic E-state index is 11.6. The van der Waals surface area contributed by atoms with Crippen LogP contribution in [0, 0.1) is 5.92 Å². The molecule has 0 aromatic carbocycles. The molecule has 0 aliphatic heterocycles. The molecule has 0 fully saturated rings. The number of hydrogen-bond donors (Lipinski definition) is 3. The van der Waals surface area contributed by atoms with Gasteiger partial charge in [0, 0.05) is 31.8 Å². The van der Waals surface area contributed by atoms with E-state index in [1.807, 2.05) is 13.0 Å². The lowest BCUT2D eigenvalue weighted by Crippen LogP contribution is -2.37. The maximum absolute atomic E-state index is 11.6. The van der Waals surface area contributed by atoms with Crippen molar-refractivity contribution in [3.8, 4) is 5.88 Å². The molecular formula is C14H21N3O4. The minimum atomic E-state index is -0.821. The number of urea groups is 1. The van der Waals surface area contributed by atoms with Crippen molar-refractivity contribution in [2.45, 2.75) is 26.3 Å². The van der Waals surface area contributed by atoms with Gasteiger partial charge in [0.2, 0.25) is 5.88 Å². The van der Waals surface area contributed by atoms with Crippen LogP contribution in [0.4, 0.5) is 4.79 Å². The Morgan fingerprint density at radius 2 is 2.14 bits per heavy atom. The van der Waals surface area contributed by atoms with Gasteiger partial charge in [-0.2, -0.15) is 0 Å². The molecular weight excluding hydrogens is 274 g/mol. The van der Waals surface area contributed by atoms with Crippen LogP contribution in [0.5, 0.6) is 5.88 Å². The van der Waals surface area contributed by atoms with Crippen molar-refractivity contribution in [2.24, 2.45) is 5.92 Å². The van der Waals surface area contributed by atoms with E-state index in [1.165, 1.54) is 0 Å². The minimum absolute atomic E-state index is 0.113. The van der Waals surface area contributed by atoms with Crippen molar-refractivity contribution >= 4 is 12.0 Å². The topological polar surface area (TPSA) is 101 Å². The van der Waals surface area contributed by atoms with Gasteiger partial charge < -0.3 is 20.5 Å². The van der Waals surface area contributed by atoms with Crippen molar-refractivity contribution in [2.75, 3.05) is 13.7 Å². The molecule has 1 aromatic rings. The van der Waals surface area contributed by atoms with Crippen LogP contribution >= 0.6 is 0 Å². The fraction of sp³-hybridized carbons (Fsp3) is 0.500. The number of carboxylic acid groups (broad SMARTS) is 1. The van der Waals surface area contributed by atoms with E-state index in [2.05, 4.69) is 15.6 Å². The lowest BCUT2D eigenvalue weighted by atomic mass is 10.1. The molecule has 1 unspecified atom stereocenters. The van der Waals surface area contributed by atoms with Crippen molar-refractivity contribution in [3.63, 3.8) is 0 Å². The number of nitrogens with one attached hydrogen (secondary N) is 2. The molecule has 1 rings (SSSR count). The highest BCUT2D eigenvalue weighted by Gasteiger charge is 2.07. The molecule has 7 heteroatoms. The lowest BCUT2D eigenvalue weighted by molar-refractivity contribution is -0.137. The number of hydrogen-bond acceptors (Lipinski definition) is 4. The predicted molar refractivity (Wildman–Crippen MR) is 77.1 cm³/mol. The molecule has 0 saturated heterocycles. The molecule has 0 aliphatic carbocycles. The van der Waals surface area contributed by atoms with Gasteiger partial charge >= 0.3 is 12.0 Å². The molecule has 0 aliphatic rings. The summed E-state index contributed by atoms with van der Waals surface area (Å²) in [5.74, 6) is -0.178. The fourth-order valence-corrected chi connectivity index (χ4v) is 1.62. The molecule has 116 valence electrons. The largest absolute Gasteiger partial charge is 0.481 e. The Hall–Kier alpha value is -2.31. The molecule has 21 heavy (non-hydrogen) atoms. The monoisotopic (exact) mass is 295 g/mol. The highest BCUT2D eigenvalue weighted by atomic mass is 16.5. The number of ether oxygens (including phenoxy) is 1. The van der Waals surface area contributed by atoms with E-state index in [4.69, 9.17) is 9.84 Å². The lowest BCUT2D eigenvalue weighted by Gasteiger charge is -2.12. The third kappa shape index (κ3) is 7.14. The first-order valence-electron chi connectivity index (χ1n) is 6.73. The van der Waals surface area contributed by atoms with Crippen LogP contribution < -0.4 is 15.4 Å². The minimum Gasteiger partial charge on any atom is -0.481 e. The number of pyridine rings is 1. The van der Waals surface area contributed by atoms with Gasteiger partial charge in [-0.25, -0.2) is 9.78 Å². The molecule has 0 spiro atoms. The van der Waals surface area contributed by atoms with E-state index in [1.54, 1.807) is 19.4 Å². The highest BCUT2D eigenvalue weighted by molar-refractivity contribution is 5.73. The number of amides is 2. The van der Waals surface area contributed by atoms with E-state index in [9.17, 15) is 9.59 Å². The summed E-state index contributed by atoms with van der Waals surface area (Å²) in [6, 6.07) is 3.26. The predicted octanol–water partition coefficient (Wildman–Crippen LogP) is 1.39. The summed E-state index contributed by atoms with van der Waals surface area (Å²) >= 11 is 0. The number of aromatic nitrogens is 1. The van der Waals surface area contributed by atoms with Gasteiger partial charge in [-0.3, -0.25) is 4.79 Å². The molecule has 7 nitrogen and oxygen atoms in total. The van der Waals surface area contributed by atoms with Crippen molar-refractivity contribution in [3.05, 3.63) is 23.9 Å². The number of rotatable bonds is 8. The second-order valence-corrected chi connectivity index (χ2v) is 4.81. The maximum Gasteiger partial charge on any atom is 0.315 e. The number of aliphatic carboxylic acids is 1. The summed E-state index contributed by atoms with van der Waals surface area (Å²) in [5, 5.41) is 14.0. The van der Waals surface area contributed by atoms with Crippen LogP contribution in [-0.4, -0.2) is 35.7 Å². The van der Waals surface area contributed by atoms with Crippen LogP contribution in [-0.2, 0) is 11.3 Å². The van der Waals surface area contributed by atoms with E-state index in [0.29, 0.717) is 25.4 Å². The summed E-state index contributed by atoms with van der Waals surface area (Å²) < 4.78 is 4.95. The second kappa shape index (κ2) is 8.78. The Morgan fingerprint density at radius 3 is 2.71 bits per heavy atom. The molecule has 0 bridgehead atoms. The van der Waals surface area contributed by atoms with E-state index < -0.39 is 5.97 Å². The standard InChI is InChI=1S/C14H21N3O4/c1-10(3-6-13(18)19)7-16-14(20)17-9-11-4-5-12(21-2)15-8-11/h4-5,8,10H,3,6-7,9H2,1-2H3,(H,18,19)(H2,16,17,20). The number of carboxylic acids is 1. The van der Waals surface area contributed by atoms with Gasteiger partial charge in [-0.15, -0.1) is 0 Å². The van der Waals surface area contributed by atoms with Crippen molar-refractivity contribution in [1.82, 2.24) is 15.6 Å². The highest BCUT2D eigenvalue weighted by Crippen LogP contribution is 2.06. The molecule has 1 aromatic heterocycles. The van der Waals surface area contributed by atoms with E-state index in [0.717, 1.165) is 5.56 Å². The van der Waals surface area contributed by atoms with Crippen LogP contribution in [0.3, 0.4) is 0 Å². The zero-order chi connectivity index (χ0) is 15.7. The third-order valence-corrected chi connectivity index (χ3v) is 2.92. The quantitative estimate of drug-likeness (QED) is 0.673. The average Bonchev–Trinajstić information content (AvgIpc) is 2.49. The average molecular weight is 295 g/mol. The molecule has 1 heterocycles. The van der Waals surface area contributed by atoms with E-state index >= 15 is 0 Å². The zero-order valence-electron chi connectivity index (χ0n) is 12.3. The Labute approximate surface area is 123 Å². The molecule has 2 amide bonds. The van der Waals surface area contributed by atoms with Crippen LogP contribution in [0.2, 0.25) is 0 Å². The fourth-order valence-electron chi connectivity index (χ4n) is 1.62. The molecule has 1 atom stereocenters. The normalized spacial score (nSPS) is 11.5. The van der Waals surface area contributed by atoms with E-state index in [-0.39, 0.29) is 18.4 Å². The molecule has 3 N–H and O–H groups in total. The summed E-state index contributed by atoms with van der Waals surface area (Å²) in [6.45, 7) is 2.71. The van der Waals surface area contributed by atoms with Crippen LogP contribution in [0.25, 0.3) is 0 Å². The van der Waals surface area contributed by atoms with Gasteiger partial charge in [0.15, 0.2) is 0 Å². The Kier molecular flexibility index (Phi) is 7.00. The van der Waals surface area contributed by atoms with Crippen LogP contribution in [0.15, 0.2) is 18.3 Å². The Bertz CT molecular complexity index is 462. The molecule has 0 radical (unpaired) electrons. The number of nitrogens with zero attached hydrogens (tertiary/aromatic N) is 1. The van der Waals surface area contributed by atoms with Crippen molar-refractivity contribution < 1.29 is 19.4 Å². The smallest absolute Gasteiger partial charge is 0.315 e. The van der Waals surface area contributed by atoms with Gasteiger partial charge in [0.1, 0.15) is 0 Å². The van der Waals surface area contributed by atoms with Crippen molar-refractivity contribution in [1.29, 1.82) is 0 Å². The summed E-state index contributed by atoms with van der Waals surface area (Å²) in [6.07, 6.45) is 2.29. The first-order valence-corrected chi connectivity index (χ1v) is 6.73. The number of carbonyl (C=O) groups is 2. The summed E-state index contributed by atoms with van der Waals surface area (Å²) in [5.41, 5.74) is 0.866. The van der Waals surface area contributed by atoms with Gasteiger partial charge in [-0.05, 0) is 17.9 Å². The van der Waals surface area contributed by atoms with Gasteiger partial charge in [0.25, 0.3) is 0 Å².